The van der Waals surface area contributed by atoms with Gasteiger partial charge in [-0.2, -0.15) is 5.26 Å². The number of benzene rings is 1. The molecule has 0 saturated carbocycles. The second kappa shape index (κ2) is 9.87. The van der Waals surface area contributed by atoms with Crippen LogP contribution in [0.2, 0.25) is 0 Å². The van der Waals surface area contributed by atoms with E-state index in [1.54, 1.807) is 18.2 Å². The number of esters is 1. The number of urea groups is 1. The summed E-state index contributed by atoms with van der Waals surface area (Å²) in [6, 6.07) is 7.62. The molecule has 0 aliphatic carbocycles. The van der Waals surface area contributed by atoms with Gasteiger partial charge in [-0.1, -0.05) is 32.8 Å². The maximum atomic E-state index is 12.8. The summed E-state index contributed by atoms with van der Waals surface area (Å²) in [5, 5.41) is 14.2. The van der Waals surface area contributed by atoms with Gasteiger partial charge in [0, 0.05) is 5.69 Å². The van der Waals surface area contributed by atoms with Gasteiger partial charge in [-0.05, 0) is 38.0 Å². The molecule has 1 heterocycles. The number of hydrogen-bond acceptors (Lipinski definition) is 6. The quantitative estimate of drug-likeness (QED) is 0.471. The van der Waals surface area contributed by atoms with Gasteiger partial charge < -0.3 is 15.4 Å². The molecule has 1 aliphatic heterocycles. The number of nitrogens with one attached hydrogen (secondary N) is 2. The largest absolute Gasteiger partial charge is 0.451 e. The van der Waals surface area contributed by atoms with E-state index in [9.17, 15) is 19.2 Å². The Kier molecular flexibility index (Phi) is 7.53. The van der Waals surface area contributed by atoms with Crippen molar-refractivity contribution in [2.45, 2.75) is 58.1 Å². The topological polar surface area (TPSA) is 129 Å². The molecular weight excluding hydrogens is 388 g/mol. The highest BCUT2D eigenvalue weighted by molar-refractivity contribution is 6.08. The summed E-state index contributed by atoms with van der Waals surface area (Å²) in [4.78, 5) is 50.5. The van der Waals surface area contributed by atoms with Gasteiger partial charge in [0.2, 0.25) is 0 Å². The first kappa shape index (κ1) is 22.9. The van der Waals surface area contributed by atoms with Crippen LogP contribution in [0.1, 0.15) is 52.0 Å². The van der Waals surface area contributed by atoms with E-state index in [2.05, 4.69) is 10.6 Å². The smallest absolute Gasteiger partial charge is 0.327 e. The molecule has 0 bridgehead atoms. The Bertz CT molecular complexity index is 870. The fourth-order valence-electron chi connectivity index (χ4n) is 3.46. The van der Waals surface area contributed by atoms with Crippen molar-refractivity contribution in [3.05, 3.63) is 29.8 Å². The Balaban J connectivity index is 1.97. The van der Waals surface area contributed by atoms with Crippen LogP contribution in [-0.2, 0) is 19.1 Å². The minimum Gasteiger partial charge on any atom is -0.451 e. The van der Waals surface area contributed by atoms with Crippen LogP contribution >= 0.6 is 0 Å². The number of hydrogen-bond donors (Lipinski definition) is 2. The van der Waals surface area contributed by atoms with Crippen LogP contribution in [0.4, 0.5) is 10.5 Å². The van der Waals surface area contributed by atoms with Crippen LogP contribution in [0.15, 0.2) is 24.3 Å². The van der Waals surface area contributed by atoms with Crippen LogP contribution in [0.5, 0.6) is 0 Å². The molecule has 30 heavy (non-hydrogen) atoms. The molecule has 1 fully saturated rings. The van der Waals surface area contributed by atoms with Crippen LogP contribution in [0.25, 0.3) is 0 Å². The third-order valence-electron chi connectivity index (χ3n) is 4.82. The molecule has 9 nitrogen and oxygen atoms in total. The Morgan fingerprint density at radius 3 is 2.53 bits per heavy atom. The molecule has 2 rings (SSSR count). The van der Waals surface area contributed by atoms with E-state index in [1.807, 2.05) is 19.9 Å². The van der Waals surface area contributed by atoms with E-state index in [4.69, 9.17) is 10.00 Å². The van der Waals surface area contributed by atoms with E-state index in [-0.39, 0.29) is 0 Å². The lowest BCUT2D eigenvalue weighted by Gasteiger charge is -2.25. The van der Waals surface area contributed by atoms with Crippen molar-refractivity contribution in [2.75, 3.05) is 11.9 Å². The second-order valence-corrected chi connectivity index (χ2v) is 7.22. The van der Waals surface area contributed by atoms with E-state index >= 15 is 0 Å². The number of carbonyl (C=O) groups is 4. The van der Waals surface area contributed by atoms with Crippen molar-refractivity contribution in [3.8, 4) is 6.07 Å². The maximum Gasteiger partial charge on any atom is 0.327 e. The highest BCUT2D eigenvalue weighted by atomic mass is 16.5. The van der Waals surface area contributed by atoms with E-state index in [0.29, 0.717) is 36.9 Å². The minimum absolute atomic E-state index is 0.374. The molecule has 1 saturated heterocycles. The molecule has 1 atom stereocenters. The monoisotopic (exact) mass is 414 g/mol. The molecule has 9 heteroatoms. The standard InChI is InChI=1S/C21H26N4O5/c1-4-9-21(10-5-2)19(28)25(20(29)24-21)13-17(26)30-14(3)18(27)23-16-8-6-7-15(11-16)12-22/h6-8,11,14H,4-5,9-10,13H2,1-3H3,(H,23,27)(H,24,29)/t14-/m0/s1. The first-order valence-electron chi connectivity index (χ1n) is 9.91. The predicted octanol–water partition coefficient (Wildman–Crippen LogP) is 2.32. The van der Waals surface area contributed by atoms with Crippen molar-refractivity contribution in [3.63, 3.8) is 0 Å². The molecule has 0 aromatic heterocycles. The van der Waals surface area contributed by atoms with Crippen molar-refractivity contribution in [1.82, 2.24) is 10.2 Å². The summed E-state index contributed by atoms with van der Waals surface area (Å²) in [5.41, 5.74) is -0.228. The zero-order valence-corrected chi connectivity index (χ0v) is 17.4. The molecule has 1 aliphatic rings. The second-order valence-electron chi connectivity index (χ2n) is 7.22. The summed E-state index contributed by atoms with van der Waals surface area (Å²) < 4.78 is 5.10. The number of nitriles is 1. The molecule has 1 aromatic rings. The van der Waals surface area contributed by atoms with Crippen molar-refractivity contribution >= 4 is 29.5 Å². The lowest BCUT2D eigenvalue weighted by Crippen LogP contribution is -2.47. The van der Waals surface area contributed by atoms with Gasteiger partial charge in [0.25, 0.3) is 11.8 Å². The maximum absolute atomic E-state index is 12.8. The zero-order chi connectivity index (χ0) is 22.3. The SMILES string of the molecule is CCCC1(CCC)NC(=O)N(CC(=O)O[C@@H](C)C(=O)Nc2cccc(C#N)c2)C1=O. The van der Waals surface area contributed by atoms with Gasteiger partial charge in [-0.3, -0.25) is 19.3 Å². The Labute approximate surface area is 175 Å². The summed E-state index contributed by atoms with van der Waals surface area (Å²) in [7, 11) is 0. The first-order chi connectivity index (χ1) is 14.3. The highest BCUT2D eigenvalue weighted by Crippen LogP contribution is 2.28. The Morgan fingerprint density at radius 1 is 1.27 bits per heavy atom. The van der Waals surface area contributed by atoms with Crippen LogP contribution < -0.4 is 10.6 Å². The van der Waals surface area contributed by atoms with E-state index in [1.165, 1.54) is 13.0 Å². The molecule has 2 N–H and O–H groups in total. The summed E-state index contributed by atoms with van der Waals surface area (Å²) >= 11 is 0. The van der Waals surface area contributed by atoms with Crippen LogP contribution in [0, 0.1) is 11.3 Å². The van der Waals surface area contributed by atoms with Gasteiger partial charge in [-0.25, -0.2) is 4.79 Å². The van der Waals surface area contributed by atoms with Crippen LogP contribution in [0.3, 0.4) is 0 Å². The zero-order valence-electron chi connectivity index (χ0n) is 17.4. The Morgan fingerprint density at radius 2 is 1.93 bits per heavy atom. The van der Waals surface area contributed by atoms with Gasteiger partial charge in [0.1, 0.15) is 12.1 Å². The summed E-state index contributed by atoms with van der Waals surface area (Å²) in [6.07, 6.45) is 1.22. The predicted molar refractivity (Wildman–Crippen MR) is 108 cm³/mol. The van der Waals surface area contributed by atoms with E-state index < -0.39 is 42.0 Å². The number of carbonyl (C=O) groups excluding carboxylic acids is 4. The normalized spacial score (nSPS) is 15.9. The number of ether oxygens (including phenoxy) is 1. The van der Waals surface area contributed by atoms with Crippen molar-refractivity contribution in [1.29, 1.82) is 5.26 Å². The number of anilines is 1. The summed E-state index contributed by atoms with van der Waals surface area (Å²) in [6.45, 7) is 4.65. The van der Waals surface area contributed by atoms with Crippen LogP contribution in [-0.4, -0.2) is 46.9 Å². The number of amides is 4. The highest BCUT2D eigenvalue weighted by Gasteiger charge is 2.50. The average molecular weight is 414 g/mol. The summed E-state index contributed by atoms with van der Waals surface area (Å²) in [5.74, 6) is -1.91. The van der Waals surface area contributed by atoms with Gasteiger partial charge >= 0.3 is 12.0 Å². The molecule has 0 radical (unpaired) electrons. The molecule has 4 amide bonds. The number of imide groups is 1. The lowest BCUT2D eigenvalue weighted by molar-refractivity contribution is -0.155. The molecule has 0 spiro atoms. The van der Waals surface area contributed by atoms with Gasteiger partial charge in [-0.15, -0.1) is 0 Å². The number of rotatable bonds is 9. The van der Waals surface area contributed by atoms with Crippen molar-refractivity contribution < 1.29 is 23.9 Å². The third-order valence-corrected chi connectivity index (χ3v) is 4.82. The van der Waals surface area contributed by atoms with Gasteiger partial charge in [0.15, 0.2) is 6.10 Å². The first-order valence-corrected chi connectivity index (χ1v) is 9.91. The lowest BCUT2D eigenvalue weighted by atomic mass is 9.88. The minimum atomic E-state index is -1.15. The fraction of sp³-hybridized carbons (Fsp3) is 0.476. The fourth-order valence-corrected chi connectivity index (χ4v) is 3.46. The molecule has 0 unspecified atom stereocenters. The molecular formula is C21H26N4O5. The number of nitrogens with zero attached hydrogens (tertiary/aromatic N) is 2. The molecule has 160 valence electrons. The Hall–Kier alpha value is -3.41. The van der Waals surface area contributed by atoms with Crippen molar-refractivity contribution in [2.24, 2.45) is 0 Å². The average Bonchev–Trinajstić information content (AvgIpc) is 2.92. The molecule has 1 aromatic carbocycles. The third kappa shape index (κ3) is 5.14. The van der Waals surface area contributed by atoms with E-state index in [0.717, 1.165) is 4.90 Å². The van der Waals surface area contributed by atoms with Gasteiger partial charge in [0.05, 0.1) is 11.6 Å².